The van der Waals surface area contributed by atoms with Crippen molar-refractivity contribution >= 4 is 5.84 Å². The maximum Gasteiger partial charge on any atom is 0.142 e. The van der Waals surface area contributed by atoms with Crippen LogP contribution in [0, 0.1) is 0 Å². The molecule has 1 aliphatic rings. The van der Waals surface area contributed by atoms with E-state index in [1.54, 1.807) is 12.4 Å². The first-order valence-corrected chi connectivity index (χ1v) is 2.50. The Hall–Kier alpha value is -0.830. The van der Waals surface area contributed by atoms with Crippen LogP contribution in [0.2, 0.25) is 0 Å². The van der Waals surface area contributed by atoms with Gasteiger partial charge >= 0.3 is 0 Å². The van der Waals surface area contributed by atoms with Crippen molar-refractivity contribution in [2.45, 2.75) is 0 Å². The van der Waals surface area contributed by atoms with Crippen LogP contribution >= 0.6 is 0 Å². The first-order chi connectivity index (χ1) is 3.93. The summed E-state index contributed by atoms with van der Waals surface area (Å²) in [6, 6.07) is 0. The maximum atomic E-state index is 3.93. The Morgan fingerprint density at radius 1 is 1.62 bits per heavy atom. The number of rotatable bonds is 2. The number of hydrogen-bond donors (Lipinski definition) is 1. The zero-order chi connectivity index (χ0) is 5.82. The van der Waals surface area contributed by atoms with Crippen molar-refractivity contribution < 1.29 is 0 Å². The van der Waals surface area contributed by atoms with Gasteiger partial charge in [-0.05, 0) is 7.05 Å². The molecule has 0 bridgehead atoms. The van der Waals surface area contributed by atoms with E-state index in [4.69, 9.17) is 0 Å². The van der Waals surface area contributed by atoms with E-state index in [-0.39, 0.29) is 0 Å². The Kier molecular flexibility index (Phi) is 1.64. The predicted octanol–water partition coefficient (Wildman–Crippen LogP) is -0.306. The number of hydrogen-bond acceptors (Lipinski definition) is 2. The normalized spacial score (nSPS) is 15.9. The number of nitrogens with one attached hydrogen (secondary N) is 1. The maximum absolute atomic E-state index is 3.93. The highest BCUT2D eigenvalue weighted by atomic mass is 15.1. The highest BCUT2D eigenvalue weighted by Gasteiger charge is 1.97. The second-order valence-corrected chi connectivity index (χ2v) is 1.50. The van der Waals surface area contributed by atoms with Gasteiger partial charge in [0.05, 0.1) is 6.54 Å². The quantitative estimate of drug-likeness (QED) is 0.520. The van der Waals surface area contributed by atoms with Gasteiger partial charge in [0.25, 0.3) is 0 Å². The lowest BCUT2D eigenvalue weighted by molar-refractivity contribution is 0.927. The Bertz CT molecular complexity index is 126. The standard InChI is InChI=1S/C5H8N3/c1-6-4-5-7-2-3-8-5/h2-3,6H,4H2,1H3. The highest BCUT2D eigenvalue weighted by Crippen LogP contribution is 1.86. The monoisotopic (exact) mass is 110 g/mol. The van der Waals surface area contributed by atoms with Crippen LogP contribution in [0.3, 0.4) is 0 Å². The van der Waals surface area contributed by atoms with Gasteiger partial charge in [0.15, 0.2) is 0 Å². The minimum absolute atomic E-state index is 0.757. The second-order valence-electron chi connectivity index (χ2n) is 1.50. The average Bonchev–Trinajstić information content (AvgIpc) is 2.19. The lowest BCUT2D eigenvalue weighted by atomic mass is 10.6. The van der Waals surface area contributed by atoms with Gasteiger partial charge in [-0.2, -0.15) is 0 Å². The molecule has 0 saturated carbocycles. The van der Waals surface area contributed by atoms with Crippen LogP contribution in [-0.4, -0.2) is 19.4 Å². The SMILES string of the molecule is CNCC1=NC=C[N]1. The molecule has 1 rings (SSSR count). The summed E-state index contributed by atoms with van der Waals surface area (Å²) in [6.07, 6.45) is 3.37. The van der Waals surface area contributed by atoms with Gasteiger partial charge < -0.3 is 5.32 Å². The van der Waals surface area contributed by atoms with Gasteiger partial charge in [-0.25, -0.2) is 10.3 Å². The van der Waals surface area contributed by atoms with Crippen molar-refractivity contribution in [1.82, 2.24) is 10.6 Å². The van der Waals surface area contributed by atoms with Crippen LogP contribution in [-0.2, 0) is 0 Å². The van der Waals surface area contributed by atoms with Gasteiger partial charge in [-0.3, -0.25) is 0 Å². The first kappa shape index (κ1) is 5.31. The Balaban J connectivity index is 2.28. The number of nitrogens with zero attached hydrogens (tertiary/aromatic N) is 2. The molecule has 43 valence electrons. The van der Waals surface area contributed by atoms with Crippen LogP contribution in [0.4, 0.5) is 0 Å². The summed E-state index contributed by atoms with van der Waals surface area (Å²) in [4.78, 5) is 3.93. The largest absolute Gasteiger partial charge is 0.313 e. The van der Waals surface area contributed by atoms with E-state index < -0.39 is 0 Å². The van der Waals surface area contributed by atoms with Crippen molar-refractivity contribution in [2.24, 2.45) is 4.99 Å². The van der Waals surface area contributed by atoms with Crippen molar-refractivity contribution in [3.63, 3.8) is 0 Å². The van der Waals surface area contributed by atoms with Gasteiger partial charge in [0.2, 0.25) is 0 Å². The molecule has 0 atom stereocenters. The molecule has 0 aliphatic carbocycles. The zero-order valence-corrected chi connectivity index (χ0v) is 4.76. The average molecular weight is 110 g/mol. The van der Waals surface area contributed by atoms with Gasteiger partial charge in [-0.1, -0.05) is 0 Å². The lowest BCUT2D eigenvalue weighted by Crippen LogP contribution is -2.22. The molecule has 0 aromatic heterocycles. The molecule has 1 aliphatic heterocycles. The molecule has 0 spiro atoms. The molecule has 0 aromatic rings. The van der Waals surface area contributed by atoms with E-state index in [1.807, 2.05) is 7.05 Å². The number of aliphatic imine (C=N–C) groups is 1. The molecule has 0 fully saturated rings. The molecular formula is C5H8N3. The highest BCUT2D eigenvalue weighted by molar-refractivity contribution is 5.86. The number of amidine groups is 1. The molecule has 8 heavy (non-hydrogen) atoms. The summed E-state index contributed by atoms with van der Waals surface area (Å²) in [7, 11) is 1.87. The fraction of sp³-hybridized carbons (Fsp3) is 0.400. The lowest BCUT2D eigenvalue weighted by Gasteiger charge is -1.93. The van der Waals surface area contributed by atoms with Crippen molar-refractivity contribution in [3.05, 3.63) is 12.4 Å². The molecule has 0 unspecified atom stereocenters. The van der Waals surface area contributed by atoms with Crippen molar-refractivity contribution in [2.75, 3.05) is 13.6 Å². The molecule has 0 amide bonds. The van der Waals surface area contributed by atoms with Crippen molar-refractivity contribution in [1.29, 1.82) is 0 Å². The minimum Gasteiger partial charge on any atom is -0.313 e. The molecular weight excluding hydrogens is 102 g/mol. The summed E-state index contributed by atoms with van der Waals surface area (Å²) in [5, 5.41) is 6.88. The van der Waals surface area contributed by atoms with E-state index in [0.717, 1.165) is 12.4 Å². The summed E-state index contributed by atoms with van der Waals surface area (Å²) in [5.74, 6) is 0.854. The molecule has 0 saturated heterocycles. The Labute approximate surface area is 48.5 Å². The van der Waals surface area contributed by atoms with Gasteiger partial charge in [0, 0.05) is 12.4 Å². The number of likely N-dealkylation sites (N-methyl/N-ethyl adjacent to an activating group) is 1. The van der Waals surface area contributed by atoms with Gasteiger partial charge in [-0.15, -0.1) is 0 Å². The summed E-state index contributed by atoms with van der Waals surface area (Å²) in [5.41, 5.74) is 0. The zero-order valence-electron chi connectivity index (χ0n) is 4.76. The van der Waals surface area contributed by atoms with Crippen LogP contribution in [0.5, 0.6) is 0 Å². The third-order valence-corrected chi connectivity index (χ3v) is 0.849. The second kappa shape index (κ2) is 2.47. The predicted molar refractivity (Wildman–Crippen MR) is 32.6 cm³/mol. The van der Waals surface area contributed by atoms with E-state index in [2.05, 4.69) is 15.6 Å². The first-order valence-electron chi connectivity index (χ1n) is 2.50. The summed E-state index contributed by atoms with van der Waals surface area (Å²) >= 11 is 0. The van der Waals surface area contributed by atoms with Gasteiger partial charge in [0.1, 0.15) is 5.84 Å². The Morgan fingerprint density at radius 2 is 2.50 bits per heavy atom. The fourth-order valence-corrected chi connectivity index (χ4v) is 0.521. The molecule has 0 aromatic carbocycles. The molecule has 3 heteroatoms. The van der Waals surface area contributed by atoms with E-state index >= 15 is 0 Å². The third kappa shape index (κ3) is 1.07. The topological polar surface area (TPSA) is 38.5 Å². The van der Waals surface area contributed by atoms with Crippen molar-refractivity contribution in [3.8, 4) is 0 Å². The van der Waals surface area contributed by atoms with Crippen LogP contribution in [0.25, 0.3) is 0 Å². The third-order valence-electron chi connectivity index (χ3n) is 0.849. The minimum atomic E-state index is 0.757. The molecule has 1 N–H and O–H groups in total. The fourth-order valence-electron chi connectivity index (χ4n) is 0.521. The van der Waals surface area contributed by atoms with E-state index in [9.17, 15) is 0 Å². The Morgan fingerprint density at radius 3 is 3.00 bits per heavy atom. The summed E-state index contributed by atoms with van der Waals surface area (Å²) < 4.78 is 0. The van der Waals surface area contributed by atoms with E-state index in [1.165, 1.54) is 0 Å². The smallest absolute Gasteiger partial charge is 0.142 e. The van der Waals surface area contributed by atoms with Crippen LogP contribution < -0.4 is 10.6 Å². The summed E-state index contributed by atoms with van der Waals surface area (Å²) in [6.45, 7) is 0.757. The van der Waals surface area contributed by atoms with E-state index in [0.29, 0.717) is 0 Å². The van der Waals surface area contributed by atoms with Crippen LogP contribution in [0.1, 0.15) is 0 Å². The molecule has 1 radical (unpaired) electrons. The van der Waals surface area contributed by atoms with Crippen LogP contribution in [0.15, 0.2) is 17.4 Å². The molecule has 1 heterocycles. The molecule has 3 nitrogen and oxygen atoms in total.